The molecule has 0 heterocycles. The van der Waals surface area contributed by atoms with Gasteiger partial charge in [0.15, 0.2) is 0 Å². The maximum Gasteiger partial charge on any atom is 0.513 e. The van der Waals surface area contributed by atoms with Gasteiger partial charge in [-0.25, -0.2) is 4.79 Å². The van der Waals surface area contributed by atoms with Gasteiger partial charge in [0, 0.05) is 5.54 Å². The third-order valence-electron chi connectivity index (χ3n) is 0.839. The third kappa shape index (κ3) is 7.41. The van der Waals surface area contributed by atoms with Gasteiger partial charge in [0.2, 0.25) is 0 Å². The fraction of sp³-hybridized carbons (Fsp3) is 0.625. The molecule has 0 aromatic rings. The van der Waals surface area contributed by atoms with E-state index in [9.17, 15) is 4.79 Å². The maximum absolute atomic E-state index is 10.7. The summed E-state index contributed by atoms with van der Waals surface area (Å²) in [6.45, 7) is 6.19. The zero-order valence-electron chi connectivity index (χ0n) is 7.46. The number of hydrogen-bond acceptors (Lipinski definition) is 3. The van der Waals surface area contributed by atoms with Crippen molar-refractivity contribution in [1.29, 1.82) is 0 Å². The highest BCUT2D eigenvalue weighted by Gasteiger charge is 2.13. The standard InChI is InChI=1S/C8H13ClO3/c1-8(2,3)6-12-7(10)11-5-4-9/h4-5H,6H2,1-3H3/b5-4+. The van der Waals surface area contributed by atoms with Crippen molar-refractivity contribution in [2.45, 2.75) is 20.8 Å². The first-order valence-electron chi connectivity index (χ1n) is 3.54. The van der Waals surface area contributed by atoms with E-state index >= 15 is 0 Å². The van der Waals surface area contributed by atoms with Gasteiger partial charge in [0.05, 0.1) is 6.61 Å². The average Bonchev–Trinajstić information content (AvgIpc) is 1.95. The first-order valence-corrected chi connectivity index (χ1v) is 3.98. The minimum Gasteiger partial charge on any atom is -0.433 e. The molecule has 0 aliphatic heterocycles. The Morgan fingerprint density at radius 2 is 2.08 bits per heavy atom. The monoisotopic (exact) mass is 192 g/mol. The summed E-state index contributed by atoms with van der Waals surface area (Å²) in [5.74, 6) is 0. The first-order chi connectivity index (χ1) is 5.45. The van der Waals surface area contributed by atoms with Gasteiger partial charge in [-0.05, 0) is 5.41 Å². The Morgan fingerprint density at radius 1 is 1.50 bits per heavy atom. The lowest BCUT2D eigenvalue weighted by molar-refractivity contribution is 0.0569. The summed E-state index contributed by atoms with van der Waals surface area (Å²) < 4.78 is 9.15. The molecule has 0 rings (SSSR count). The molecule has 0 aliphatic rings. The van der Waals surface area contributed by atoms with Gasteiger partial charge in [0.25, 0.3) is 0 Å². The number of carbonyl (C=O) groups is 1. The Bertz CT molecular complexity index is 170. The Labute approximate surface area is 77.3 Å². The molecule has 0 radical (unpaired) electrons. The van der Waals surface area contributed by atoms with Crippen molar-refractivity contribution in [1.82, 2.24) is 0 Å². The lowest BCUT2D eigenvalue weighted by atomic mass is 9.99. The second-order valence-corrected chi connectivity index (χ2v) is 3.73. The normalized spacial score (nSPS) is 11.7. The van der Waals surface area contributed by atoms with Gasteiger partial charge >= 0.3 is 6.16 Å². The largest absolute Gasteiger partial charge is 0.513 e. The molecule has 0 bridgehead atoms. The number of carbonyl (C=O) groups excluding carboxylic acids is 1. The molecule has 0 unspecified atom stereocenters. The number of rotatable bonds is 2. The molecular weight excluding hydrogens is 180 g/mol. The molecule has 0 N–H and O–H groups in total. The summed E-state index contributed by atoms with van der Waals surface area (Å²) in [6.07, 6.45) is 0.328. The van der Waals surface area contributed by atoms with Crippen molar-refractivity contribution < 1.29 is 14.3 Å². The molecule has 4 heteroatoms. The number of hydrogen-bond donors (Lipinski definition) is 0. The molecule has 3 nitrogen and oxygen atoms in total. The van der Waals surface area contributed by atoms with Crippen LogP contribution in [0.15, 0.2) is 11.8 Å². The van der Waals surface area contributed by atoms with Crippen LogP contribution < -0.4 is 0 Å². The second-order valence-electron chi connectivity index (χ2n) is 3.48. The summed E-state index contributed by atoms with van der Waals surface area (Å²) in [4.78, 5) is 10.7. The summed E-state index contributed by atoms with van der Waals surface area (Å²) in [5.41, 5.74) is 1.04. The van der Waals surface area contributed by atoms with Crippen LogP contribution in [0.4, 0.5) is 4.79 Å². The fourth-order valence-corrected chi connectivity index (χ4v) is 0.442. The van der Waals surface area contributed by atoms with E-state index in [1.54, 1.807) is 0 Å². The van der Waals surface area contributed by atoms with Crippen LogP contribution in [0.5, 0.6) is 0 Å². The van der Waals surface area contributed by atoms with E-state index in [2.05, 4.69) is 4.74 Å². The zero-order chi connectivity index (χ0) is 9.61. The second kappa shape index (κ2) is 5.04. The molecule has 0 saturated carbocycles. The SMILES string of the molecule is CC(C)(C)COC(=O)O/C=C/Cl. The van der Waals surface area contributed by atoms with Crippen LogP contribution in [-0.4, -0.2) is 12.8 Å². The smallest absolute Gasteiger partial charge is 0.433 e. The van der Waals surface area contributed by atoms with Gasteiger partial charge in [-0.3, -0.25) is 0 Å². The number of ether oxygens (including phenoxy) is 2. The molecule has 0 aliphatic carbocycles. The molecule has 0 aromatic heterocycles. The summed E-state index contributed by atoms with van der Waals surface area (Å²) in [6, 6.07) is 0. The highest BCUT2D eigenvalue weighted by molar-refractivity contribution is 6.25. The summed E-state index contributed by atoms with van der Waals surface area (Å²) in [5, 5.41) is 0. The molecule has 70 valence electrons. The predicted molar refractivity (Wildman–Crippen MR) is 46.9 cm³/mol. The minimum atomic E-state index is -0.734. The van der Waals surface area contributed by atoms with E-state index in [0.29, 0.717) is 6.61 Å². The van der Waals surface area contributed by atoms with E-state index in [4.69, 9.17) is 16.3 Å². The quantitative estimate of drug-likeness (QED) is 0.499. The minimum absolute atomic E-state index is 0.0519. The molecular formula is C8H13ClO3. The van der Waals surface area contributed by atoms with Crippen molar-refractivity contribution >= 4 is 17.8 Å². The van der Waals surface area contributed by atoms with Crippen LogP contribution in [0.25, 0.3) is 0 Å². The van der Waals surface area contributed by atoms with Gasteiger partial charge in [-0.15, -0.1) is 0 Å². The van der Waals surface area contributed by atoms with E-state index < -0.39 is 6.16 Å². The fourth-order valence-electron chi connectivity index (χ4n) is 0.391. The predicted octanol–water partition coefficient (Wildman–Crippen LogP) is 2.90. The Balaban J connectivity index is 3.58. The van der Waals surface area contributed by atoms with Crippen LogP contribution >= 0.6 is 11.6 Å². The van der Waals surface area contributed by atoms with Crippen LogP contribution in [-0.2, 0) is 9.47 Å². The highest BCUT2D eigenvalue weighted by Crippen LogP contribution is 2.13. The molecule has 0 fully saturated rings. The lowest BCUT2D eigenvalue weighted by Crippen LogP contribution is -2.17. The Kier molecular flexibility index (Phi) is 4.74. The average molecular weight is 193 g/mol. The molecule has 0 spiro atoms. The third-order valence-corrected chi connectivity index (χ3v) is 0.942. The summed E-state index contributed by atoms with van der Waals surface area (Å²) >= 11 is 5.12. The van der Waals surface area contributed by atoms with Crippen LogP contribution in [0, 0.1) is 5.41 Å². The maximum atomic E-state index is 10.7. The van der Waals surface area contributed by atoms with Gasteiger partial charge in [0.1, 0.15) is 6.26 Å². The molecule has 12 heavy (non-hydrogen) atoms. The van der Waals surface area contributed by atoms with E-state index in [0.717, 1.165) is 11.8 Å². The lowest BCUT2D eigenvalue weighted by Gasteiger charge is -2.16. The van der Waals surface area contributed by atoms with Crippen molar-refractivity contribution in [3.63, 3.8) is 0 Å². The van der Waals surface area contributed by atoms with Gasteiger partial charge < -0.3 is 9.47 Å². The molecule has 0 aromatic carbocycles. The topological polar surface area (TPSA) is 35.5 Å². The van der Waals surface area contributed by atoms with Crippen molar-refractivity contribution in [2.24, 2.45) is 5.41 Å². The van der Waals surface area contributed by atoms with Crippen LogP contribution in [0.3, 0.4) is 0 Å². The van der Waals surface area contributed by atoms with Gasteiger partial charge in [-0.1, -0.05) is 32.4 Å². The van der Waals surface area contributed by atoms with E-state index in [1.165, 1.54) is 0 Å². The molecule has 0 saturated heterocycles. The number of halogens is 1. The van der Waals surface area contributed by atoms with Crippen molar-refractivity contribution in [2.75, 3.05) is 6.61 Å². The van der Waals surface area contributed by atoms with Gasteiger partial charge in [-0.2, -0.15) is 0 Å². The van der Waals surface area contributed by atoms with E-state index in [1.807, 2.05) is 20.8 Å². The summed E-state index contributed by atoms with van der Waals surface area (Å²) in [7, 11) is 0. The van der Waals surface area contributed by atoms with Crippen LogP contribution in [0.1, 0.15) is 20.8 Å². The van der Waals surface area contributed by atoms with Crippen molar-refractivity contribution in [3.05, 3.63) is 11.8 Å². The Hall–Kier alpha value is -0.700. The van der Waals surface area contributed by atoms with Crippen LogP contribution in [0.2, 0.25) is 0 Å². The first kappa shape index (κ1) is 11.3. The zero-order valence-corrected chi connectivity index (χ0v) is 8.22. The molecule has 0 amide bonds. The Morgan fingerprint density at radius 3 is 2.50 bits per heavy atom. The highest BCUT2D eigenvalue weighted by atomic mass is 35.5. The van der Waals surface area contributed by atoms with E-state index in [-0.39, 0.29) is 5.41 Å². The molecule has 0 atom stereocenters. The van der Waals surface area contributed by atoms with Crippen molar-refractivity contribution in [3.8, 4) is 0 Å².